The minimum absolute atomic E-state index is 0. The van der Waals surface area contributed by atoms with Crippen molar-refractivity contribution in [2.45, 2.75) is 12.5 Å². The van der Waals surface area contributed by atoms with Crippen LogP contribution in [0.15, 0.2) is 0 Å². The second-order valence-electron chi connectivity index (χ2n) is 1.64. The summed E-state index contributed by atoms with van der Waals surface area (Å²) in [6.45, 7) is 0. The molecule has 0 aromatic rings. The first-order valence-corrected chi connectivity index (χ1v) is 3.97. The Morgan fingerprint density at radius 1 is 1.70 bits per heavy atom. The predicted molar refractivity (Wildman–Crippen MR) is 45.2 cm³/mol. The number of aliphatic hydroxyl groups excluding tert-OH is 1. The van der Waals surface area contributed by atoms with Crippen LogP contribution in [0.3, 0.4) is 0 Å². The molecule has 0 rings (SSSR count). The summed E-state index contributed by atoms with van der Waals surface area (Å²) in [6, 6.07) is 0. The summed E-state index contributed by atoms with van der Waals surface area (Å²) >= 11 is 1.52. The molecule has 58 valence electrons. The van der Waals surface area contributed by atoms with Gasteiger partial charge in [0.05, 0.1) is 0 Å². The number of aliphatic carboxylic acids is 1. The van der Waals surface area contributed by atoms with E-state index < -0.39 is 12.1 Å². The van der Waals surface area contributed by atoms with Crippen molar-refractivity contribution in [3.63, 3.8) is 0 Å². The molecular weight excluding hydrogens is 180 g/mol. The van der Waals surface area contributed by atoms with Crippen LogP contribution in [0.5, 0.6) is 0 Å². The van der Waals surface area contributed by atoms with Gasteiger partial charge in [0.15, 0.2) is 6.10 Å². The molecule has 0 amide bonds. The predicted octanol–water partition coefficient (Wildman–Crippen LogP) is -0.731. The van der Waals surface area contributed by atoms with E-state index in [0.717, 1.165) is 0 Å². The topological polar surface area (TPSA) is 57.5 Å². The van der Waals surface area contributed by atoms with Crippen molar-refractivity contribution < 1.29 is 15.0 Å². The number of carbonyl (C=O) groups is 1. The van der Waals surface area contributed by atoms with Crippen LogP contribution >= 0.6 is 11.8 Å². The molecule has 0 saturated heterocycles. The van der Waals surface area contributed by atoms with Crippen molar-refractivity contribution in [3.05, 3.63) is 0 Å². The number of aliphatic hydroxyl groups is 1. The van der Waals surface area contributed by atoms with Crippen LogP contribution < -0.4 is 0 Å². The van der Waals surface area contributed by atoms with Gasteiger partial charge in [0, 0.05) is 0 Å². The van der Waals surface area contributed by atoms with E-state index in [9.17, 15) is 4.79 Å². The van der Waals surface area contributed by atoms with Gasteiger partial charge in [0.2, 0.25) is 0 Å². The third-order valence-electron chi connectivity index (χ3n) is 0.880. The molecule has 0 aromatic carbocycles. The molecule has 0 fully saturated rings. The molecule has 3 nitrogen and oxygen atoms in total. The molecule has 0 aromatic heterocycles. The van der Waals surface area contributed by atoms with E-state index in [-0.39, 0.29) is 37.7 Å². The third kappa shape index (κ3) is 7.15. The fourth-order valence-electron chi connectivity index (χ4n) is 0.353. The van der Waals surface area contributed by atoms with Crippen LogP contribution in [-0.4, -0.2) is 72.0 Å². The zero-order valence-electron chi connectivity index (χ0n) is 5.20. The Labute approximate surface area is 94.2 Å². The molecule has 0 spiro atoms. The fraction of sp³-hybridized carbons (Fsp3) is 0.800. The Morgan fingerprint density at radius 2 is 2.20 bits per heavy atom. The SMILES string of the molecule is CSCC[C@H](O)C(=O)O.[CaH2]. The Hall–Kier alpha value is 1.04. The van der Waals surface area contributed by atoms with Gasteiger partial charge in [-0.15, -0.1) is 0 Å². The number of hydrogen-bond donors (Lipinski definition) is 2. The van der Waals surface area contributed by atoms with Gasteiger partial charge in [-0.05, 0) is 18.4 Å². The molecular formula is C5H12CaO3S. The monoisotopic (exact) mass is 192 g/mol. The van der Waals surface area contributed by atoms with Crippen molar-refractivity contribution in [2.24, 2.45) is 0 Å². The van der Waals surface area contributed by atoms with E-state index in [1.807, 2.05) is 6.26 Å². The molecule has 10 heavy (non-hydrogen) atoms. The quantitative estimate of drug-likeness (QED) is 0.577. The molecule has 2 N–H and O–H groups in total. The van der Waals surface area contributed by atoms with Crippen molar-refractivity contribution in [1.29, 1.82) is 0 Å². The van der Waals surface area contributed by atoms with E-state index in [1.54, 1.807) is 0 Å². The molecule has 0 aliphatic heterocycles. The van der Waals surface area contributed by atoms with Crippen LogP contribution in [0.1, 0.15) is 6.42 Å². The molecule has 0 aliphatic carbocycles. The fourth-order valence-corrected chi connectivity index (χ4v) is 0.812. The number of thioether (sulfide) groups is 1. The van der Waals surface area contributed by atoms with E-state index in [4.69, 9.17) is 10.2 Å². The Morgan fingerprint density at radius 3 is 2.50 bits per heavy atom. The molecule has 0 bridgehead atoms. The van der Waals surface area contributed by atoms with E-state index >= 15 is 0 Å². The zero-order chi connectivity index (χ0) is 7.28. The van der Waals surface area contributed by atoms with Crippen LogP contribution in [-0.2, 0) is 4.79 Å². The number of carboxylic acid groups (broad SMARTS) is 1. The first-order valence-electron chi connectivity index (χ1n) is 2.58. The standard InChI is InChI=1S/C5H10O3S.Ca.2H/c1-9-3-2-4(6)5(7)8;;;/h4,6H,2-3H2,1H3,(H,7,8);;;/t4-;;;/m0.../s1. The van der Waals surface area contributed by atoms with E-state index in [2.05, 4.69) is 0 Å². The van der Waals surface area contributed by atoms with Gasteiger partial charge < -0.3 is 10.2 Å². The second kappa shape index (κ2) is 8.14. The first kappa shape index (κ1) is 13.6. The summed E-state index contributed by atoms with van der Waals surface area (Å²) in [7, 11) is 0. The summed E-state index contributed by atoms with van der Waals surface area (Å²) in [5.74, 6) is -0.447. The summed E-state index contributed by atoms with van der Waals surface area (Å²) in [6.07, 6.45) is 1.02. The molecule has 0 radical (unpaired) electrons. The van der Waals surface area contributed by atoms with Crippen molar-refractivity contribution in [2.75, 3.05) is 12.0 Å². The Balaban J connectivity index is 0. The number of hydrogen-bond acceptors (Lipinski definition) is 3. The van der Waals surface area contributed by atoms with Crippen LogP contribution in [0.2, 0.25) is 0 Å². The maximum absolute atomic E-state index is 9.95. The van der Waals surface area contributed by atoms with Gasteiger partial charge in [0.25, 0.3) is 0 Å². The van der Waals surface area contributed by atoms with E-state index in [0.29, 0.717) is 12.2 Å². The van der Waals surface area contributed by atoms with E-state index in [1.165, 1.54) is 11.8 Å². The van der Waals surface area contributed by atoms with Gasteiger partial charge in [-0.3, -0.25) is 0 Å². The Bertz CT molecular complexity index is 98.9. The van der Waals surface area contributed by atoms with Gasteiger partial charge in [-0.25, -0.2) is 4.79 Å². The van der Waals surface area contributed by atoms with Crippen LogP contribution in [0.25, 0.3) is 0 Å². The maximum atomic E-state index is 9.95. The van der Waals surface area contributed by atoms with Crippen molar-refractivity contribution in [1.82, 2.24) is 0 Å². The van der Waals surface area contributed by atoms with Gasteiger partial charge in [-0.1, -0.05) is 0 Å². The summed E-state index contributed by atoms with van der Waals surface area (Å²) < 4.78 is 0. The molecule has 5 heteroatoms. The second-order valence-corrected chi connectivity index (χ2v) is 2.62. The Kier molecular flexibility index (Phi) is 11.1. The zero-order valence-corrected chi connectivity index (χ0v) is 6.02. The normalized spacial score (nSPS) is 11.8. The summed E-state index contributed by atoms with van der Waals surface area (Å²) in [5.41, 5.74) is 0. The molecule has 0 saturated carbocycles. The summed E-state index contributed by atoms with van der Waals surface area (Å²) in [5, 5.41) is 16.8. The number of rotatable bonds is 4. The van der Waals surface area contributed by atoms with Gasteiger partial charge in [-0.2, -0.15) is 11.8 Å². The third-order valence-corrected chi connectivity index (χ3v) is 1.52. The molecule has 1 atom stereocenters. The van der Waals surface area contributed by atoms with Crippen molar-refractivity contribution >= 4 is 55.5 Å². The van der Waals surface area contributed by atoms with Crippen LogP contribution in [0.4, 0.5) is 0 Å². The molecule has 0 aliphatic rings. The summed E-state index contributed by atoms with van der Waals surface area (Å²) in [4.78, 5) is 9.95. The first-order chi connectivity index (χ1) is 4.18. The molecule has 0 unspecified atom stereocenters. The van der Waals surface area contributed by atoms with Gasteiger partial charge in [0.1, 0.15) is 0 Å². The van der Waals surface area contributed by atoms with Gasteiger partial charge >= 0.3 is 43.7 Å². The average Bonchev–Trinajstić information content (AvgIpc) is 1.82. The van der Waals surface area contributed by atoms with Crippen molar-refractivity contribution in [3.8, 4) is 0 Å². The van der Waals surface area contributed by atoms with Crippen LogP contribution in [0, 0.1) is 0 Å². The minimum atomic E-state index is -1.18. The molecule has 0 heterocycles. The average molecular weight is 192 g/mol. The number of carboxylic acids is 1.